The lowest BCUT2D eigenvalue weighted by atomic mass is 10.2. The summed E-state index contributed by atoms with van der Waals surface area (Å²) in [6.07, 6.45) is 1.02. The molecule has 27 heavy (non-hydrogen) atoms. The van der Waals surface area contributed by atoms with Crippen molar-refractivity contribution < 1.29 is 4.79 Å². The number of carbonyl (C=O) groups is 1. The zero-order valence-corrected chi connectivity index (χ0v) is 15.6. The zero-order valence-electron chi connectivity index (χ0n) is 15.6. The van der Waals surface area contributed by atoms with E-state index in [2.05, 4.69) is 49.4 Å². The van der Waals surface area contributed by atoms with Gasteiger partial charge in [-0.3, -0.25) is 4.79 Å². The number of hydrogen-bond acceptors (Lipinski definition) is 5. The number of aryl methyl sites for hydroxylation is 1. The summed E-state index contributed by atoms with van der Waals surface area (Å²) in [5.74, 6) is 0.306. The van der Waals surface area contributed by atoms with E-state index in [-0.39, 0.29) is 5.82 Å². The molecule has 1 fully saturated rings. The zero-order chi connectivity index (χ0) is 19.0. The lowest BCUT2D eigenvalue weighted by Crippen LogP contribution is -2.33. The molecule has 0 radical (unpaired) electrons. The Balaban J connectivity index is 1.43. The van der Waals surface area contributed by atoms with Gasteiger partial charge in [-0.1, -0.05) is 18.2 Å². The molecule has 0 unspecified atom stereocenters. The number of aromatic nitrogens is 3. The maximum absolute atomic E-state index is 11.5. The van der Waals surface area contributed by atoms with Gasteiger partial charge < -0.3 is 20.9 Å². The first kappa shape index (κ1) is 17.5. The molecule has 3 heterocycles. The molecule has 0 spiro atoms. The Morgan fingerprint density at radius 2 is 2.15 bits per heavy atom. The van der Waals surface area contributed by atoms with Crippen LogP contribution < -0.4 is 16.0 Å². The second kappa shape index (κ2) is 7.00. The molecule has 0 bridgehead atoms. The van der Waals surface area contributed by atoms with Gasteiger partial charge in [0.2, 0.25) is 5.82 Å². The van der Waals surface area contributed by atoms with E-state index in [0.717, 1.165) is 48.6 Å². The summed E-state index contributed by atoms with van der Waals surface area (Å²) in [6.45, 7) is 6.40. The fourth-order valence-corrected chi connectivity index (χ4v) is 3.63. The Labute approximate surface area is 158 Å². The summed E-state index contributed by atoms with van der Waals surface area (Å²) in [6, 6.07) is 10.8. The topological polar surface area (TPSA) is 99.9 Å². The third kappa shape index (κ3) is 3.50. The second-order valence-corrected chi connectivity index (χ2v) is 7.14. The van der Waals surface area contributed by atoms with Crippen LogP contribution in [0, 0.1) is 13.8 Å². The number of para-hydroxylation sites is 1. The number of nitrogens with one attached hydrogen (secondary N) is 2. The van der Waals surface area contributed by atoms with E-state index in [0.29, 0.717) is 6.04 Å². The van der Waals surface area contributed by atoms with E-state index in [4.69, 9.17) is 5.73 Å². The van der Waals surface area contributed by atoms with Crippen molar-refractivity contribution >= 4 is 22.6 Å². The minimum atomic E-state index is -0.591. The van der Waals surface area contributed by atoms with E-state index >= 15 is 0 Å². The van der Waals surface area contributed by atoms with Crippen molar-refractivity contribution in [3.05, 3.63) is 53.1 Å². The molecule has 0 aliphatic carbocycles. The van der Waals surface area contributed by atoms with Crippen LogP contribution in [-0.2, 0) is 6.54 Å². The third-order valence-electron chi connectivity index (χ3n) is 5.24. The number of nitrogens with two attached hydrogens (primary N) is 1. The van der Waals surface area contributed by atoms with Crippen LogP contribution in [0.4, 0.5) is 5.82 Å². The summed E-state index contributed by atoms with van der Waals surface area (Å²) >= 11 is 0. The Morgan fingerprint density at radius 3 is 2.93 bits per heavy atom. The number of rotatable bonds is 5. The average Bonchev–Trinajstić information content (AvgIpc) is 3.28. The van der Waals surface area contributed by atoms with Crippen LogP contribution in [0.3, 0.4) is 0 Å². The summed E-state index contributed by atoms with van der Waals surface area (Å²) in [5, 5.41) is 4.85. The van der Waals surface area contributed by atoms with Gasteiger partial charge in [-0.2, -0.15) is 0 Å². The van der Waals surface area contributed by atoms with Gasteiger partial charge >= 0.3 is 0 Å². The second-order valence-electron chi connectivity index (χ2n) is 7.14. The van der Waals surface area contributed by atoms with Crippen molar-refractivity contribution in [2.75, 3.05) is 18.0 Å². The molecule has 1 amide bonds. The van der Waals surface area contributed by atoms with Crippen LogP contribution in [0.25, 0.3) is 10.9 Å². The monoisotopic (exact) mass is 364 g/mol. The number of aromatic amines is 1. The minimum Gasteiger partial charge on any atom is -0.363 e. The molecule has 1 aromatic carbocycles. The van der Waals surface area contributed by atoms with Gasteiger partial charge in [0, 0.05) is 48.1 Å². The first-order valence-electron chi connectivity index (χ1n) is 9.21. The van der Waals surface area contributed by atoms with Crippen molar-refractivity contribution in [3.8, 4) is 0 Å². The number of hydrogen-bond donors (Lipinski definition) is 3. The molecule has 1 aliphatic heterocycles. The van der Waals surface area contributed by atoms with E-state index in [1.165, 1.54) is 11.1 Å². The Kier molecular flexibility index (Phi) is 4.53. The molecular formula is C20H24N6O. The Hall–Kier alpha value is -2.93. The first-order chi connectivity index (χ1) is 13.0. The molecule has 1 atom stereocenters. The van der Waals surface area contributed by atoms with Crippen LogP contribution >= 0.6 is 0 Å². The summed E-state index contributed by atoms with van der Waals surface area (Å²) in [7, 11) is 0. The molecule has 1 saturated heterocycles. The minimum absolute atomic E-state index is 0.0857. The van der Waals surface area contributed by atoms with E-state index in [1.54, 1.807) is 0 Å². The largest absolute Gasteiger partial charge is 0.363 e. The quantitative estimate of drug-likeness (QED) is 0.643. The van der Waals surface area contributed by atoms with Crippen LogP contribution in [0.15, 0.2) is 30.3 Å². The summed E-state index contributed by atoms with van der Waals surface area (Å²) in [4.78, 5) is 25.7. The predicted molar refractivity (Wildman–Crippen MR) is 106 cm³/mol. The molecule has 0 saturated carbocycles. The molecule has 7 nitrogen and oxygen atoms in total. The third-order valence-corrected chi connectivity index (χ3v) is 5.24. The maximum Gasteiger partial charge on any atom is 0.286 e. The van der Waals surface area contributed by atoms with Crippen molar-refractivity contribution in [2.45, 2.75) is 32.9 Å². The van der Waals surface area contributed by atoms with Gasteiger partial charge in [0.15, 0.2) is 0 Å². The fraction of sp³-hybridized carbons (Fsp3) is 0.350. The molecule has 3 aromatic rings. The van der Waals surface area contributed by atoms with Gasteiger partial charge in [0.1, 0.15) is 5.82 Å². The van der Waals surface area contributed by atoms with E-state index < -0.39 is 5.91 Å². The molecule has 1 aliphatic rings. The number of anilines is 1. The summed E-state index contributed by atoms with van der Waals surface area (Å²) in [5.41, 5.74) is 9.51. The molecular weight excluding hydrogens is 340 g/mol. The van der Waals surface area contributed by atoms with Crippen LogP contribution in [0.2, 0.25) is 0 Å². The SMILES string of the molecule is Cc1nc(C(N)=O)nc(N2CC[C@@H](NCc3cc4ccccc4[nH]3)C2)c1C. The highest BCUT2D eigenvalue weighted by Gasteiger charge is 2.26. The van der Waals surface area contributed by atoms with Crippen molar-refractivity contribution in [2.24, 2.45) is 5.73 Å². The van der Waals surface area contributed by atoms with E-state index in [1.807, 2.05) is 19.9 Å². The number of amides is 1. The lowest BCUT2D eigenvalue weighted by Gasteiger charge is -2.21. The number of nitrogens with zero attached hydrogens (tertiary/aromatic N) is 3. The van der Waals surface area contributed by atoms with Gasteiger partial charge in [-0.05, 0) is 37.8 Å². The smallest absolute Gasteiger partial charge is 0.286 e. The van der Waals surface area contributed by atoms with Crippen LogP contribution in [-0.4, -0.2) is 40.0 Å². The molecule has 140 valence electrons. The predicted octanol–water partition coefficient (Wildman–Crippen LogP) is 2.04. The maximum atomic E-state index is 11.5. The number of carbonyl (C=O) groups excluding carboxylic acids is 1. The molecule has 7 heteroatoms. The number of benzene rings is 1. The lowest BCUT2D eigenvalue weighted by molar-refractivity contribution is 0.0990. The number of fused-ring (bicyclic) bond motifs is 1. The first-order valence-corrected chi connectivity index (χ1v) is 9.21. The standard InChI is InChI=1S/C20H24N6O/c1-12-13(2)23-19(18(21)27)25-20(12)26-8-7-15(11-26)22-10-16-9-14-5-3-4-6-17(14)24-16/h3-6,9,15,22,24H,7-8,10-11H2,1-2H3,(H2,21,27)/t15-/m1/s1. The Bertz CT molecular complexity index is 962. The van der Waals surface area contributed by atoms with Gasteiger partial charge in [-0.15, -0.1) is 0 Å². The van der Waals surface area contributed by atoms with Gasteiger partial charge in [0.25, 0.3) is 5.91 Å². The van der Waals surface area contributed by atoms with Crippen LogP contribution in [0.5, 0.6) is 0 Å². The van der Waals surface area contributed by atoms with E-state index in [9.17, 15) is 4.79 Å². The number of primary amides is 1. The van der Waals surface area contributed by atoms with Crippen molar-refractivity contribution in [3.63, 3.8) is 0 Å². The van der Waals surface area contributed by atoms with Gasteiger partial charge in [0.05, 0.1) is 0 Å². The highest BCUT2D eigenvalue weighted by atomic mass is 16.1. The molecule has 4 N–H and O–H groups in total. The highest BCUT2D eigenvalue weighted by Crippen LogP contribution is 2.24. The number of H-pyrrole nitrogens is 1. The van der Waals surface area contributed by atoms with Crippen molar-refractivity contribution in [1.82, 2.24) is 20.3 Å². The van der Waals surface area contributed by atoms with Crippen LogP contribution in [0.1, 0.15) is 34.0 Å². The average molecular weight is 364 g/mol. The molecule has 2 aromatic heterocycles. The van der Waals surface area contributed by atoms with Crippen molar-refractivity contribution in [1.29, 1.82) is 0 Å². The summed E-state index contributed by atoms with van der Waals surface area (Å²) < 4.78 is 0. The Morgan fingerprint density at radius 1 is 1.33 bits per heavy atom. The highest BCUT2D eigenvalue weighted by molar-refractivity contribution is 5.89. The normalized spacial score (nSPS) is 17.0. The molecule has 4 rings (SSSR count). The fourth-order valence-electron chi connectivity index (χ4n) is 3.63. The van der Waals surface area contributed by atoms with Gasteiger partial charge in [-0.25, -0.2) is 9.97 Å².